The van der Waals surface area contributed by atoms with Crippen molar-refractivity contribution in [3.63, 3.8) is 0 Å². The molecule has 0 aliphatic carbocycles. The average molecular weight is 241 g/mol. The number of hydrogen-bond donors (Lipinski definition) is 3. The maximum Gasteiger partial charge on any atom is 0.0469 e. The normalized spacial score (nSPS) is 10.9. The Morgan fingerprint density at radius 2 is 2.31 bits per heavy atom. The second-order valence-corrected chi connectivity index (χ2v) is 3.67. The van der Waals surface area contributed by atoms with Gasteiger partial charge in [0.05, 0.1) is 0 Å². The van der Waals surface area contributed by atoms with Crippen molar-refractivity contribution in [2.24, 2.45) is 0 Å². The predicted octanol–water partition coefficient (Wildman–Crippen LogP) is 2.41. The van der Waals surface area contributed by atoms with E-state index < -0.39 is 0 Å². The maximum atomic E-state index is 8.63. The molecule has 0 saturated carbocycles. The van der Waals surface area contributed by atoms with E-state index in [1.807, 2.05) is 24.4 Å². The van der Waals surface area contributed by atoms with Crippen molar-refractivity contribution in [1.29, 1.82) is 0 Å². The van der Waals surface area contributed by atoms with Crippen molar-refractivity contribution in [3.05, 3.63) is 34.4 Å². The van der Waals surface area contributed by atoms with Crippen LogP contribution in [-0.4, -0.2) is 10.2 Å². The van der Waals surface area contributed by atoms with Crippen LogP contribution in [0.25, 0.3) is 10.9 Å². The molecular formula is C9H9BrN2O. The van der Waals surface area contributed by atoms with Gasteiger partial charge < -0.3 is 10.2 Å². The van der Waals surface area contributed by atoms with Gasteiger partial charge in [-0.1, -0.05) is 12.1 Å². The van der Waals surface area contributed by atoms with Crippen molar-refractivity contribution in [2.75, 3.05) is 0 Å². The Hall–Kier alpha value is -0.840. The van der Waals surface area contributed by atoms with Crippen LogP contribution in [0.5, 0.6) is 0 Å². The van der Waals surface area contributed by atoms with Crippen LogP contribution in [0, 0.1) is 0 Å². The number of aromatic nitrogens is 1. The Labute approximate surface area is 83.9 Å². The number of hydrogen-bond acceptors (Lipinski definition) is 2. The third-order valence-corrected chi connectivity index (χ3v) is 2.64. The van der Waals surface area contributed by atoms with Gasteiger partial charge in [0.15, 0.2) is 0 Å². The van der Waals surface area contributed by atoms with Crippen molar-refractivity contribution < 1.29 is 5.21 Å². The summed E-state index contributed by atoms with van der Waals surface area (Å²) in [5.74, 6) is 0. The van der Waals surface area contributed by atoms with Gasteiger partial charge in [-0.15, -0.1) is 0 Å². The number of rotatable bonds is 2. The Bertz CT molecular complexity index is 424. The van der Waals surface area contributed by atoms with Crippen LogP contribution >= 0.6 is 15.9 Å². The number of benzene rings is 1. The van der Waals surface area contributed by atoms with Gasteiger partial charge in [0, 0.05) is 28.1 Å². The number of aromatic amines is 1. The number of halogens is 1. The summed E-state index contributed by atoms with van der Waals surface area (Å²) in [4.78, 5) is 3.13. The molecule has 2 aromatic rings. The zero-order valence-electron chi connectivity index (χ0n) is 6.84. The van der Waals surface area contributed by atoms with Crippen LogP contribution in [0.1, 0.15) is 5.56 Å². The molecule has 0 radical (unpaired) electrons. The first-order chi connectivity index (χ1) is 6.33. The summed E-state index contributed by atoms with van der Waals surface area (Å²) in [5.41, 5.74) is 4.29. The van der Waals surface area contributed by atoms with Crippen molar-refractivity contribution in [3.8, 4) is 0 Å². The zero-order valence-corrected chi connectivity index (χ0v) is 8.43. The summed E-state index contributed by atoms with van der Waals surface area (Å²) in [6.07, 6.45) is 1.89. The quantitative estimate of drug-likeness (QED) is 0.707. The first-order valence-corrected chi connectivity index (χ1v) is 4.73. The highest BCUT2D eigenvalue weighted by Gasteiger charge is 2.05. The molecule has 0 saturated heterocycles. The van der Waals surface area contributed by atoms with Gasteiger partial charge in [0.1, 0.15) is 0 Å². The van der Waals surface area contributed by atoms with Gasteiger partial charge in [0.2, 0.25) is 0 Å². The summed E-state index contributed by atoms with van der Waals surface area (Å²) < 4.78 is 1.02. The topological polar surface area (TPSA) is 48.0 Å². The summed E-state index contributed by atoms with van der Waals surface area (Å²) in [6.45, 7) is 0.452. The van der Waals surface area contributed by atoms with E-state index in [-0.39, 0.29) is 0 Å². The lowest BCUT2D eigenvalue weighted by molar-refractivity contribution is 0.161. The highest BCUT2D eigenvalue weighted by atomic mass is 79.9. The highest BCUT2D eigenvalue weighted by Crippen LogP contribution is 2.26. The van der Waals surface area contributed by atoms with Gasteiger partial charge >= 0.3 is 0 Å². The molecule has 0 bridgehead atoms. The minimum atomic E-state index is 0.452. The molecule has 0 spiro atoms. The van der Waals surface area contributed by atoms with Crippen LogP contribution in [0.4, 0.5) is 0 Å². The van der Waals surface area contributed by atoms with E-state index in [9.17, 15) is 0 Å². The molecule has 0 aliphatic rings. The molecule has 0 aliphatic heterocycles. The number of hydroxylamine groups is 1. The molecular weight excluding hydrogens is 232 g/mol. The fourth-order valence-electron chi connectivity index (χ4n) is 1.45. The molecule has 1 heterocycles. The second-order valence-electron chi connectivity index (χ2n) is 2.81. The fourth-order valence-corrected chi connectivity index (χ4v) is 2.03. The first kappa shape index (κ1) is 8.74. The van der Waals surface area contributed by atoms with Gasteiger partial charge in [-0.05, 0) is 27.6 Å². The van der Waals surface area contributed by atoms with E-state index >= 15 is 0 Å². The lowest BCUT2D eigenvalue weighted by Crippen LogP contribution is -2.06. The molecule has 0 atom stereocenters. The Morgan fingerprint density at radius 1 is 1.46 bits per heavy atom. The van der Waals surface area contributed by atoms with E-state index in [2.05, 4.69) is 26.4 Å². The van der Waals surface area contributed by atoms with Crippen LogP contribution in [-0.2, 0) is 6.54 Å². The lowest BCUT2D eigenvalue weighted by atomic mass is 10.1. The summed E-state index contributed by atoms with van der Waals surface area (Å²) in [7, 11) is 0. The second kappa shape index (κ2) is 3.49. The molecule has 0 amide bonds. The number of nitrogens with one attached hydrogen (secondary N) is 2. The summed E-state index contributed by atoms with van der Waals surface area (Å²) in [6, 6.07) is 5.93. The SMILES string of the molecule is ONCc1cccc2[nH]cc(Br)c12. The molecule has 3 nitrogen and oxygen atoms in total. The molecule has 13 heavy (non-hydrogen) atoms. The lowest BCUT2D eigenvalue weighted by Gasteiger charge is -2.01. The maximum absolute atomic E-state index is 8.63. The summed E-state index contributed by atoms with van der Waals surface area (Å²) >= 11 is 3.45. The average Bonchev–Trinajstić information content (AvgIpc) is 2.50. The van der Waals surface area contributed by atoms with Crippen molar-refractivity contribution in [2.45, 2.75) is 6.54 Å². The first-order valence-electron chi connectivity index (χ1n) is 3.94. The van der Waals surface area contributed by atoms with E-state index in [0.717, 1.165) is 20.9 Å². The molecule has 68 valence electrons. The van der Waals surface area contributed by atoms with Crippen LogP contribution in [0.2, 0.25) is 0 Å². The molecule has 0 fully saturated rings. The number of H-pyrrole nitrogens is 1. The van der Waals surface area contributed by atoms with Crippen molar-refractivity contribution >= 4 is 26.8 Å². The Balaban J connectivity index is 2.65. The standard InChI is InChI=1S/C9H9BrN2O/c10-7-5-11-8-3-1-2-6(4-12-13)9(7)8/h1-3,5,11-13H,4H2. The highest BCUT2D eigenvalue weighted by molar-refractivity contribution is 9.10. The molecule has 3 N–H and O–H groups in total. The van der Waals surface area contributed by atoms with Crippen LogP contribution in [0.15, 0.2) is 28.9 Å². The van der Waals surface area contributed by atoms with Crippen molar-refractivity contribution in [1.82, 2.24) is 10.5 Å². The van der Waals surface area contributed by atoms with Crippen LogP contribution in [0.3, 0.4) is 0 Å². The van der Waals surface area contributed by atoms with Gasteiger partial charge in [0.25, 0.3) is 0 Å². The Kier molecular flexibility index (Phi) is 2.35. The monoisotopic (exact) mass is 240 g/mol. The number of fused-ring (bicyclic) bond motifs is 1. The predicted molar refractivity (Wildman–Crippen MR) is 54.6 cm³/mol. The minimum Gasteiger partial charge on any atom is -0.360 e. The van der Waals surface area contributed by atoms with Gasteiger partial charge in [-0.3, -0.25) is 0 Å². The molecule has 4 heteroatoms. The fraction of sp³-hybridized carbons (Fsp3) is 0.111. The van der Waals surface area contributed by atoms with Crippen LogP contribution < -0.4 is 5.48 Å². The van der Waals surface area contributed by atoms with Gasteiger partial charge in [-0.2, -0.15) is 0 Å². The van der Waals surface area contributed by atoms with E-state index in [4.69, 9.17) is 5.21 Å². The third-order valence-electron chi connectivity index (χ3n) is 2.01. The molecule has 2 rings (SSSR count). The zero-order chi connectivity index (χ0) is 9.26. The molecule has 1 aromatic heterocycles. The van der Waals surface area contributed by atoms with Gasteiger partial charge in [-0.25, -0.2) is 5.48 Å². The van der Waals surface area contributed by atoms with E-state index in [1.54, 1.807) is 0 Å². The largest absolute Gasteiger partial charge is 0.360 e. The summed E-state index contributed by atoms with van der Waals surface area (Å²) in [5, 5.41) is 9.75. The Morgan fingerprint density at radius 3 is 3.08 bits per heavy atom. The third kappa shape index (κ3) is 1.48. The minimum absolute atomic E-state index is 0.452. The van der Waals surface area contributed by atoms with E-state index in [0.29, 0.717) is 6.54 Å². The van der Waals surface area contributed by atoms with E-state index in [1.165, 1.54) is 0 Å². The smallest absolute Gasteiger partial charge is 0.0469 e. The molecule has 1 aromatic carbocycles. The molecule has 0 unspecified atom stereocenters.